The fourth-order valence-electron chi connectivity index (χ4n) is 3.51. The minimum atomic E-state index is -0.785. The summed E-state index contributed by atoms with van der Waals surface area (Å²) in [5.74, 6) is -0.645. The molecule has 2 fully saturated rings. The van der Waals surface area contributed by atoms with E-state index in [1.807, 2.05) is 0 Å². The van der Waals surface area contributed by atoms with Gasteiger partial charge in [-0.15, -0.1) is 0 Å². The number of fused-ring (bicyclic) bond motifs is 2. The number of rotatable bonds is 2. The summed E-state index contributed by atoms with van der Waals surface area (Å²) in [4.78, 5) is 12.6. The zero-order valence-electron chi connectivity index (χ0n) is 11.6. The summed E-state index contributed by atoms with van der Waals surface area (Å²) in [5.41, 5.74) is 0.719. The molecule has 0 aromatic heterocycles. The molecule has 1 aromatic carbocycles. The first-order valence-electron chi connectivity index (χ1n) is 7.26. The number of hydrogen-bond acceptors (Lipinski definition) is 2. The number of ketones is 1. The maximum absolute atomic E-state index is 14.1. The highest BCUT2D eigenvalue weighted by atomic mass is 32.2. The molecule has 20 heavy (non-hydrogen) atoms. The maximum Gasteiger partial charge on any atom is 0.168 e. The molecule has 4 heteroatoms. The topological polar surface area (TPSA) is 34.1 Å². The zero-order valence-corrected chi connectivity index (χ0v) is 12.4. The highest BCUT2D eigenvalue weighted by Gasteiger charge is 2.41. The molecule has 2 heterocycles. The highest BCUT2D eigenvalue weighted by molar-refractivity contribution is 7.86. The van der Waals surface area contributed by atoms with Gasteiger partial charge in [0.25, 0.3) is 0 Å². The van der Waals surface area contributed by atoms with Crippen LogP contribution in [0.3, 0.4) is 0 Å². The maximum atomic E-state index is 14.1. The third-order valence-corrected chi connectivity index (χ3v) is 6.80. The number of halogens is 1. The monoisotopic (exact) mass is 294 g/mol. The Morgan fingerprint density at radius 3 is 2.55 bits per heavy atom. The van der Waals surface area contributed by atoms with Crippen molar-refractivity contribution in [2.75, 3.05) is 0 Å². The Hall–Kier alpha value is -1.03. The number of benzene rings is 1. The lowest BCUT2D eigenvalue weighted by atomic mass is 9.84. The Bertz CT molecular complexity index is 554. The van der Waals surface area contributed by atoms with E-state index in [1.165, 1.54) is 0 Å². The molecule has 108 valence electrons. The summed E-state index contributed by atoms with van der Waals surface area (Å²) in [6, 6.07) is 4.98. The van der Waals surface area contributed by atoms with Crippen LogP contribution in [-0.4, -0.2) is 20.5 Å². The number of Topliss-reactive ketones (excluding diaryl/α,β-unsaturated/α-hetero) is 1. The van der Waals surface area contributed by atoms with Gasteiger partial charge in [-0.2, -0.15) is 0 Å². The van der Waals surface area contributed by atoms with E-state index in [9.17, 15) is 13.4 Å². The van der Waals surface area contributed by atoms with Crippen molar-refractivity contribution in [3.05, 3.63) is 35.1 Å². The molecular weight excluding hydrogens is 275 g/mol. The van der Waals surface area contributed by atoms with Gasteiger partial charge in [-0.25, -0.2) is 4.39 Å². The zero-order chi connectivity index (χ0) is 14.3. The average molecular weight is 294 g/mol. The van der Waals surface area contributed by atoms with Crippen LogP contribution in [0.1, 0.15) is 48.0 Å². The Balaban J connectivity index is 1.85. The van der Waals surface area contributed by atoms with Crippen molar-refractivity contribution in [2.24, 2.45) is 5.92 Å². The normalized spacial score (nSPS) is 32.9. The van der Waals surface area contributed by atoms with Gasteiger partial charge in [0.05, 0.1) is 5.56 Å². The molecule has 2 nitrogen and oxygen atoms in total. The molecule has 0 spiro atoms. The molecule has 2 bridgehead atoms. The van der Waals surface area contributed by atoms with Crippen LogP contribution in [0.4, 0.5) is 4.39 Å². The summed E-state index contributed by atoms with van der Waals surface area (Å²) in [6.07, 6.45) is 4.33. The van der Waals surface area contributed by atoms with Crippen molar-refractivity contribution in [2.45, 2.75) is 49.5 Å². The molecule has 2 atom stereocenters. The summed E-state index contributed by atoms with van der Waals surface area (Å²) < 4.78 is 26.3. The van der Waals surface area contributed by atoms with E-state index in [4.69, 9.17) is 0 Å². The van der Waals surface area contributed by atoms with Crippen molar-refractivity contribution >= 4 is 16.6 Å². The van der Waals surface area contributed by atoms with E-state index in [0.29, 0.717) is 18.4 Å². The molecule has 0 amide bonds. The SMILES string of the molecule is Cc1cccc(C(=O)C2CC3CCCC(C2)S3=O)c1F. The second-order valence-corrected chi connectivity index (χ2v) is 7.96. The molecule has 0 N–H and O–H groups in total. The summed E-state index contributed by atoms with van der Waals surface area (Å²) >= 11 is 0. The minimum absolute atomic E-state index is 0.0974. The van der Waals surface area contributed by atoms with Crippen molar-refractivity contribution in [1.82, 2.24) is 0 Å². The predicted octanol–water partition coefficient (Wildman–Crippen LogP) is 3.40. The van der Waals surface area contributed by atoms with Crippen LogP contribution in [0.25, 0.3) is 0 Å². The number of carbonyl (C=O) groups excluding carboxylic acids is 1. The Morgan fingerprint density at radius 1 is 1.25 bits per heavy atom. The summed E-state index contributed by atoms with van der Waals surface area (Å²) in [7, 11) is -0.785. The second-order valence-electron chi connectivity index (χ2n) is 5.97. The molecule has 3 rings (SSSR count). The Labute approximate surface area is 121 Å². The smallest absolute Gasteiger partial charge is 0.168 e. The van der Waals surface area contributed by atoms with E-state index in [-0.39, 0.29) is 27.8 Å². The summed E-state index contributed by atoms with van der Waals surface area (Å²) in [5, 5.41) is 0.286. The molecular formula is C16H19FO2S. The van der Waals surface area contributed by atoms with Gasteiger partial charge in [-0.1, -0.05) is 18.6 Å². The van der Waals surface area contributed by atoms with Crippen LogP contribution in [0.15, 0.2) is 18.2 Å². The predicted molar refractivity (Wildman–Crippen MR) is 77.8 cm³/mol. The van der Waals surface area contributed by atoms with Crippen LogP contribution in [0.5, 0.6) is 0 Å². The lowest BCUT2D eigenvalue weighted by Crippen LogP contribution is -2.41. The average Bonchev–Trinajstić information content (AvgIpc) is 2.41. The van der Waals surface area contributed by atoms with Gasteiger partial charge in [0.1, 0.15) is 5.82 Å². The largest absolute Gasteiger partial charge is 0.294 e. The van der Waals surface area contributed by atoms with Gasteiger partial charge in [0, 0.05) is 27.2 Å². The Kier molecular flexibility index (Phi) is 3.76. The molecule has 2 aliphatic heterocycles. The van der Waals surface area contributed by atoms with Crippen molar-refractivity contribution in [1.29, 1.82) is 0 Å². The van der Waals surface area contributed by atoms with Gasteiger partial charge in [0.15, 0.2) is 5.78 Å². The van der Waals surface area contributed by atoms with Gasteiger partial charge in [-0.3, -0.25) is 9.00 Å². The van der Waals surface area contributed by atoms with Gasteiger partial charge < -0.3 is 0 Å². The number of aryl methyl sites for hydroxylation is 1. The van der Waals surface area contributed by atoms with E-state index >= 15 is 0 Å². The summed E-state index contributed by atoms with van der Waals surface area (Å²) in [6.45, 7) is 1.68. The van der Waals surface area contributed by atoms with Crippen LogP contribution in [0.2, 0.25) is 0 Å². The first kappa shape index (κ1) is 13.9. The first-order valence-corrected chi connectivity index (χ1v) is 8.54. The van der Waals surface area contributed by atoms with Crippen LogP contribution >= 0.6 is 0 Å². The number of carbonyl (C=O) groups is 1. The van der Waals surface area contributed by atoms with Crippen molar-refractivity contribution in [3.8, 4) is 0 Å². The molecule has 0 aliphatic carbocycles. The molecule has 0 radical (unpaired) electrons. The standard InChI is InChI=1S/C16H19FO2S/c1-10-4-2-7-14(15(10)17)16(18)11-8-12-5-3-6-13(9-11)20(12)19/h2,4,7,11-13H,3,5-6,8-9H2,1H3. The third-order valence-electron chi connectivity index (χ3n) is 4.63. The van der Waals surface area contributed by atoms with Gasteiger partial charge in [0.2, 0.25) is 0 Å². The van der Waals surface area contributed by atoms with Gasteiger partial charge in [-0.05, 0) is 44.2 Å². The van der Waals surface area contributed by atoms with E-state index in [0.717, 1.165) is 19.3 Å². The molecule has 1 aromatic rings. The highest BCUT2D eigenvalue weighted by Crippen LogP contribution is 2.38. The third kappa shape index (κ3) is 2.34. The Morgan fingerprint density at radius 2 is 1.90 bits per heavy atom. The first-order chi connectivity index (χ1) is 9.58. The van der Waals surface area contributed by atoms with Crippen LogP contribution in [-0.2, 0) is 10.8 Å². The molecule has 2 unspecified atom stereocenters. The van der Waals surface area contributed by atoms with Crippen LogP contribution < -0.4 is 0 Å². The minimum Gasteiger partial charge on any atom is -0.294 e. The van der Waals surface area contributed by atoms with Crippen molar-refractivity contribution < 1.29 is 13.4 Å². The van der Waals surface area contributed by atoms with Crippen molar-refractivity contribution in [3.63, 3.8) is 0 Å². The van der Waals surface area contributed by atoms with Crippen LogP contribution in [0, 0.1) is 18.7 Å². The molecule has 0 saturated carbocycles. The fourth-order valence-corrected chi connectivity index (χ4v) is 5.69. The van der Waals surface area contributed by atoms with E-state index in [1.54, 1.807) is 25.1 Å². The molecule has 2 aliphatic rings. The van der Waals surface area contributed by atoms with E-state index in [2.05, 4.69) is 0 Å². The van der Waals surface area contributed by atoms with Gasteiger partial charge >= 0.3 is 0 Å². The van der Waals surface area contributed by atoms with E-state index < -0.39 is 16.6 Å². The quantitative estimate of drug-likeness (QED) is 0.783. The fraction of sp³-hybridized carbons (Fsp3) is 0.562. The second kappa shape index (κ2) is 5.40. The lowest BCUT2D eigenvalue weighted by molar-refractivity contribution is 0.0891. The molecule has 2 saturated heterocycles. The lowest BCUT2D eigenvalue weighted by Gasteiger charge is -2.37. The number of hydrogen-bond donors (Lipinski definition) is 0.